The number of ketones is 1. The van der Waals surface area contributed by atoms with Crippen LogP contribution in [0.4, 0.5) is 0 Å². The molecule has 0 fully saturated rings. The standard InChI is InChI=1S/C17H19IN2O2/c1-11(15(21)12-7-4-3-5-8-12)17(2,19)16(22)14-13(18)9-6-10-20-14/h3-11,15,21H,19H2,1-2H3. The second kappa shape index (κ2) is 6.85. The van der Waals surface area contributed by atoms with E-state index < -0.39 is 17.6 Å². The monoisotopic (exact) mass is 410 g/mol. The van der Waals surface area contributed by atoms with Gasteiger partial charge in [-0.15, -0.1) is 0 Å². The third kappa shape index (κ3) is 3.37. The summed E-state index contributed by atoms with van der Waals surface area (Å²) in [6, 6.07) is 12.8. The van der Waals surface area contributed by atoms with Crippen molar-refractivity contribution in [3.63, 3.8) is 0 Å². The lowest BCUT2D eigenvalue weighted by Crippen LogP contribution is -2.52. The number of halogens is 1. The predicted octanol–water partition coefficient (Wildman–Crippen LogP) is 2.96. The van der Waals surface area contributed by atoms with Crippen LogP contribution in [0.5, 0.6) is 0 Å². The van der Waals surface area contributed by atoms with E-state index in [-0.39, 0.29) is 5.78 Å². The highest BCUT2D eigenvalue weighted by Gasteiger charge is 2.40. The Morgan fingerprint density at radius 2 is 1.91 bits per heavy atom. The van der Waals surface area contributed by atoms with E-state index >= 15 is 0 Å². The predicted molar refractivity (Wildman–Crippen MR) is 94.4 cm³/mol. The maximum absolute atomic E-state index is 12.8. The average Bonchev–Trinajstić information content (AvgIpc) is 2.54. The summed E-state index contributed by atoms with van der Waals surface area (Å²) < 4.78 is 0.753. The molecule has 0 aliphatic carbocycles. The van der Waals surface area contributed by atoms with Gasteiger partial charge in [-0.3, -0.25) is 9.78 Å². The van der Waals surface area contributed by atoms with Gasteiger partial charge < -0.3 is 10.8 Å². The van der Waals surface area contributed by atoms with Crippen molar-refractivity contribution in [1.82, 2.24) is 4.98 Å². The van der Waals surface area contributed by atoms with E-state index in [4.69, 9.17) is 5.73 Å². The number of aliphatic hydroxyl groups excluding tert-OH is 1. The van der Waals surface area contributed by atoms with Gasteiger partial charge in [-0.05, 0) is 47.2 Å². The van der Waals surface area contributed by atoms with Crippen LogP contribution in [-0.4, -0.2) is 21.4 Å². The molecule has 3 N–H and O–H groups in total. The zero-order valence-corrected chi connectivity index (χ0v) is 14.7. The van der Waals surface area contributed by atoms with Crippen LogP contribution in [0.3, 0.4) is 0 Å². The van der Waals surface area contributed by atoms with Crippen LogP contribution >= 0.6 is 22.6 Å². The molecule has 3 unspecified atom stereocenters. The van der Waals surface area contributed by atoms with Crippen molar-refractivity contribution >= 4 is 28.4 Å². The van der Waals surface area contributed by atoms with Gasteiger partial charge in [0.05, 0.1) is 11.6 Å². The summed E-state index contributed by atoms with van der Waals surface area (Å²) in [6.07, 6.45) is 0.755. The van der Waals surface area contributed by atoms with Gasteiger partial charge in [0.25, 0.3) is 0 Å². The van der Waals surface area contributed by atoms with Crippen LogP contribution in [0.2, 0.25) is 0 Å². The van der Waals surface area contributed by atoms with Gasteiger partial charge >= 0.3 is 0 Å². The highest BCUT2D eigenvalue weighted by molar-refractivity contribution is 14.1. The van der Waals surface area contributed by atoms with Gasteiger partial charge in [-0.2, -0.15) is 0 Å². The molecule has 0 amide bonds. The number of aromatic nitrogens is 1. The van der Waals surface area contributed by atoms with E-state index in [2.05, 4.69) is 27.6 Å². The first-order valence-corrected chi connectivity index (χ1v) is 8.10. The van der Waals surface area contributed by atoms with Gasteiger partial charge in [-0.1, -0.05) is 37.3 Å². The number of carbonyl (C=O) groups excluding carboxylic acids is 1. The quantitative estimate of drug-likeness (QED) is 0.587. The van der Waals surface area contributed by atoms with Gasteiger partial charge in [0, 0.05) is 15.7 Å². The molecule has 1 aromatic carbocycles. The van der Waals surface area contributed by atoms with Crippen LogP contribution in [-0.2, 0) is 0 Å². The second-order valence-corrected chi connectivity index (χ2v) is 6.75. The van der Waals surface area contributed by atoms with Crippen LogP contribution in [0.15, 0.2) is 48.7 Å². The fourth-order valence-electron chi connectivity index (χ4n) is 2.28. The van der Waals surface area contributed by atoms with Crippen molar-refractivity contribution in [1.29, 1.82) is 0 Å². The summed E-state index contributed by atoms with van der Waals surface area (Å²) >= 11 is 2.07. The zero-order chi connectivity index (χ0) is 16.3. The molecule has 1 aromatic heterocycles. The van der Waals surface area contributed by atoms with Crippen LogP contribution in [0, 0.1) is 9.49 Å². The number of carbonyl (C=O) groups is 1. The van der Waals surface area contributed by atoms with Crippen LogP contribution in [0.1, 0.15) is 36.0 Å². The van der Waals surface area contributed by atoms with Crippen molar-refractivity contribution in [2.45, 2.75) is 25.5 Å². The fraction of sp³-hybridized carbons (Fsp3) is 0.294. The number of benzene rings is 1. The van der Waals surface area contributed by atoms with E-state index in [1.807, 2.05) is 36.4 Å². The normalized spacial score (nSPS) is 16.6. The lowest BCUT2D eigenvalue weighted by molar-refractivity contribution is 0.0563. The summed E-state index contributed by atoms with van der Waals surface area (Å²) in [7, 11) is 0. The summed E-state index contributed by atoms with van der Waals surface area (Å²) in [5.41, 5.74) is 6.16. The zero-order valence-electron chi connectivity index (χ0n) is 12.5. The molecule has 0 spiro atoms. The number of pyridine rings is 1. The molecule has 2 rings (SSSR count). The number of nitrogens with two attached hydrogens (primary N) is 1. The van der Waals surface area contributed by atoms with Crippen LogP contribution in [0.25, 0.3) is 0 Å². The molecular weight excluding hydrogens is 391 g/mol. The average molecular weight is 410 g/mol. The molecule has 1 heterocycles. The summed E-state index contributed by atoms with van der Waals surface area (Å²) in [4.78, 5) is 16.9. The van der Waals surface area contributed by atoms with Gasteiger partial charge in [-0.25, -0.2) is 0 Å². The maximum atomic E-state index is 12.8. The third-order valence-electron chi connectivity index (χ3n) is 4.02. The first-order valence-electron chi connectivity index (χ1n) is 7.03. The smallest absolute Gasteiger partial charge is 0.202 e. The first-order chi connectivity index (χ1) is 10.4. The van der Waals surface area contributed by atoms with E-state index in [9.17, 15) is 9.90 Å². The minimum absolute atomic E-state index is 0.264. The maximum Gasteiger partial charge on any atom is 0.202 e. The number of hydrogen-bond donors (Lipinski definition) is 2. The minimum Gasteiger partial charge on any atom is -0.388 e. The van der Waals surface area contributed by atoms with E-state index in [0.29, 0.717) is 5.69 Å². The van der Waals surface area contributed by atoms with E-state index in [1.54, 1.807) is 26.1 Å². The lowest BCUT2D eigenvalue weighted by atomic mass is 9.77. The SMILES string of the molecule is CC(C(O)c1ccccc1)C(C)(N)C(=O)c1ncccc1I. The molecule has 0 saturated carbocycles. The minimum atomic E-state index is -1.22. The lowest BCUT2D eigenvalue weighted by Gasteiger charge is -2.33. The molecule has 0 saturated heterocycles. The van der Waals surface area contributed by atoms with Crippen molar-refractivity contribution < 1.29 is 9.90 Å². The van der Waals surface area contributed by atoms with Crippen molar-refractivity contribution in [2.24, 2.45) is 11.7 Å². The summed E-state index contributed by atoms with van der Waals surface area (Å²) in [5, 5.41) is 10.5. The molecule has 4 nitrogen and oxygen atoms in total. The highest BCUT2D eigenvalue weighted by atomic mass is 127. The number of rotatable bonds is 5. The largest absolute Gasteiger partial charge is 0.388 e. The molecule has 3 atom stereocenters. The Morgan fingerprint density at radius 3 is 2.50 bits per heavy atom. The highest BCUT2D eigenvalue weighted by Crippen LogP contribution is 2.31. The number of hydrogen-bond acceptors (Lipinski definition) is 4. The van der Waals surface area contributed by atoms with E-state index in [1.165, 1.54) is 0 Å². The molecule has 5 heteroatoms. The van der Waals surface area contributed by atoms with Crippen molar-refractivity contribution in [2.75, 3.05) is 0 Å². The Bertz CT molecular complexity index is 659. The van der Waals surface area contributed by atoms with Gasteiger partial charge in [0.15, 0.2) is 0 Å². The molecule has 22 heavy (non-hydrogen) atoms. The molecule has 116 valence electrons. The molecule has 0 radical (unpaired) electrons. The Morgan fingerprint density at radius 1 is 1.27 bits per heavy atom. The van der Waals surface area contributed by atoms with Crippen molar-refractivity contribution in [3.8, 4) is 0 Å². The first kappa shape index (κ1) is 17.1. The van der Waals surface area contributed by atoms with Crippen LogP contribution < -0.4 is 5.73 Å². The number of Topliss-reactive ketones (excluding diaryl/α,β-unsaturated/α-hetero) is 1. The fourth-order valence-corrected chi connectivity index (χ4v) is 2.87. The second-order valence-electron chi connectivity index (χ2n) is 5.59. The molecule has 2 aromatic rings. The van der Waals surface area contributed by atoms with Gasteiger partial charge in [0.2, 0.25) is 5.78 Å². The van der Waals surface area contributed by atoms with Crippen molar-refractivity contribution in [3.05, 3.63) is 63.5 Å². The summed E-state index contributed by atoms with van der Waals surface area (Å²) in [6.45, 7) is 3.43. The molecule has 0 bridgehead atoms. The number of aliphatic hydroxyl groups is 1. The molecular formula is C17H19IN2O2. The van der Waals surface area contributed by atoms with E-state index in [0.717, 1.165) is 9.13 Å². The molecule has 0 aliphatic rings. The Kier molecular flexibility index (Phi) is 5.31. The van der Waals surface area contributed by atoms with Gasteiger partial charge in [0.1, 0.15) is 5.69 Å². The topological polar surface area (TPSA) is 76.2 Å². The third-order valence-corrected chi connectivity index (χ3v) is 4.89. The Hall–Kier alpha value is -1.31. The molecule has 0 aliphatic heterocycles. The number of nitrogens with zero attached hydrogens (tertiary/aromatic N) is 1. The Balaban J connectivity index is 2.29. The summed E-state index contributed by atoms with van der Waals surface area (Å²) in [5.74, 6) is -0.722. The Labute approximate surface area is 143 Å².